The first-order chi connectivity index (χ1) is 14.1. The van der Waals surface area contributed by atoms with E-state index in [0.717, 1.165) is 24.3 Å². The lowest BCUT2D eigenvalue weighted by molar-refractivity contribution is -0.138. The maximum Gasteiger partial charge on any atom is 0.416 e. The number of alkyl halides is 6. The molecule has 6 heteroatoms. The fourth-order valence-electron chi connectivity index (χ4n) is 3.52. The van der Waals surface area contributed by atoms with E-state index in [-0.39, 0.29) is 0 Å². The molecule has 0 nitrogen and oxygen atoms in total. The average Bonchev–Trinajstić information content (AvgIpc) is 2.88. The van der Waals surface area contributed by atoms with E-state index in [0.29, 0.717) is 33.4 Å². The Balaban J connectivity index is 1.93. The van der Waals surface area contributed by atoms with Crippen LogP contribution in [-0.2, 0) is 12.4 Å². The molecule has 0 aliphatic heterocycles. The second kappa shape index (κ2) is 7.20. The van der Waals surface area contributed by atoms with Gasteiger partial charge in [-0.25, -0.2) is 0 Å². The van der Waals surface area contributed by atoms with Crippen molar-refractivity contribution in [1.29, 1.82) is 0 Å². The molecule has 0 unspecified atom stereocenters. The summed E-state index contributed by atoms with van der Waals surface area (Å²) >= 11 is 0. The Morgan fingerprint density at radius 3 is 1.23 bits per heavy atom. The summed E-state index contributed by atoms with van der Waals surface area (Å²) in [5.74, 6) is 0. The Hall–Kier alpha value is -3.28. The van der Waals surface area contributed by atoms with Gasteiger partial charge in [0, 0.05) is 0 Å². The van der Waals surface area contributed by atoms with E-state index in [1.807, 2.05) is 0 Å². The summed E-state index contributed by atoms with van der Waals surface area (Å²) in [6, 6.07) is 20.3. The molecule has 0 saturated heterocycles. The Bertz CT molecular complexity index is 1080. The molecule has 4 rings (SSSR count). The molecule has 0 heterocycles. The molecule has 0 bridgehead atoms. The second-order valence-electron chi connectivity index (χ2n) is 6.87. The summed E-state index contributed by atoms with van der Waals surface area (Å²) in [6.45, 7) is 0. The molecule has 2 aliphatic carbocycles. The van der Waals surface area contributed by atoms with E-state index in [1.54, 1.807) is 48.5 Å². The smallest absolute Gasteiger partial charge is 0.166 e. The monoisotopic (exact) mass is 416 g/mol. The van der Waals surface area contributed by atoms with Crippen molar-refractivity contribution in [2.75, 3.05) is 0 Å². The Morgan fingerprint density at radius 2 is 0.833 bits per heavy atom. The third kappa shape index (κ3) is 3.77. The van der Waals surface area contributed by atoms with Gasteiger partial charge < -0.3 is 0 Å². The van der Waals surface area contributed by atoms with E-state index < -0.39 is 23.5 Å². The van der Waals surface area contributed by atoms with Crippen LogP contribution in [0.2, 0.25) is 0 Å². The molecule has 0 spiro atoms. The fraction of sp³-hybridized carbons (Fsp3) is 0.0833. The van der Waals surface area contributed by atoms with Crippen molar-refractivity contribution in [1.82, 2.24) is 0 Å². The molecule has 0 N–H and O–H groups in total. The van der Waals surface area contributed by atoms with Gasteiger partial charge in [-0.05, 0) is 63.7 Å². The lowest BCUT2D eigenvalue weighted by atomic mass is 9.99. The number of halogens is 6. The van der Waals surface area contributed by atoms with E-state index in [2.05, 4.69) is 0 Å². The van der Waals surface area contributed by atoms with Crippen LogP contribution in [0, 0.1) is 0 Å². The van der Waals surface area contributed by atoms with Gasteiger partial charge in [0.15, 0.2) is 0 Å². The van der Waals surface area contributed by atoms with Crippen molar-refractivity contribution in [3.8, 4) is 33.4 Å². The highest BCUT2D eigenvalue weighted by Crippen LogP contribution is 2.45. The molecule has 0 saturated carbocycles. The van der Waals surface area contributed by atoms with Crippen molar-refractivity contribution in [2.24, 2.45) is 0 Å². The molecular weight excluding hydrogens is 402 g/mol. The molecule has 30 heavy (non-hydrogen) atoms. The lowest BCUT2D eigenvalue weighted by Crippen LogP contribution is -2.04. The third-order valence-corrected chi connectivity index (χ3v) is 4.91. The highest BCUT2D eigenvalue weighted by Gasteiger charge is 2.32. The van der Waals surface area contributed by atoms with Crippen molar-refractivity contribution in [2.45, 2.75) is 12.4 Å². The molecular formula is C24H14F6. The van der Waals surface area contributed by atoms with Crippen LogP contribution in [-0.4, -0.2) is 0 Å². The molecule has 0 aromatic heterocycles. The van der Waals surface area contributed by atoms with Gasteiger partial charge in [0.25, 0.3) is 0 Å². The summed E-state index contributed by atoms with van der Waals surface area (Å²) < 4.78 is 79.1. The summed E-state index contributed by atoms with van der Waals surface area (Å²) in [4.78, 5) is 0. The summed E-state index contributed by atoms with van der Waals surface area (Å²) in [7, 11) is 0. The summed E-state index contributed by atoms with van der Waals surface area (Å²) in [6.07, 6.45) is -8.99. The molecule has 0 radical (unpaired) electrons. The SMILES string of the molecule is FC(F)(F)c1cccc(-c2cc(-c3cccc(C(F)(F)F)c3)c3cccccc2-3)c1. The second-order valence-corrected chi connectivity index (χ2v) is 6.87. The predicted molar refractivity (Wildman–Crippen MR) is 104 cm³/mol. The zero-order valence-corrected chi connectivity index (χ0v) is 15.4. The van der Waals surface area contributed by atoms with Crippen molar-refractivity contribution in [3.63, 3.8) is 0 Å². The molecule has 0 amide bonds. The Morgan fingerprint density at radius 1 is 0.400 bits per heavy atom. The Labute approximate surface area is 168 Å². The zero-order valence-electron chi connectivity index (χ0n) is 15.4. The van der Waals surface area contributed by atoms with Crippen molar-refractivity contribution in [3.05, 3.63) is 96.1 Å². The van der Waals surface area contributed by atoms with Crippen LogP contribution < -0.4 is 0 Å². The maximum absolute atomic E-state index is 13.2. The van der Waals surface area contributed by atoms with Gasteiger partial charge in [-0.2, -0.15) is 26.3 Å². The summed E-state index contributed by atoms with van der Waals surface area (Å²) in [5, 5.41) is 0. The van der Waals surface area contributed by atoms with Gasteiger partial charge in [-0.3, -0.25) is 0 Å². The molecule has 0 atom stereocenters. The number of hydrogen-bond acceptors (Lipinski definition) is 0. The van der Waals surface area contributed by atoms with Gasteiger partial charge in [0.05, 0.1) is 11.1 Å². The van der Waals surface area contributed by atoms with Crippen LogP contribution in [0.5, 0.6) is 0 Å². The highest BCUT2D eigenvalue weighted by molar-refractivity contribution is 5.97. The van der Waals surface area contributed by atoms with Crippen LogP contribution in [0.4, 0.5) is 26.3 Å². The quantitative estimate of drug-likeness (QED) is 0.289. The number of hydrogen-bond donors (Lipinski definition) is 0. The van der Waals surface area contributed by atoms with Crippen LogP contribution >= 0.6 is 0 Å². The predicted octanol–water partition coefficient (Wildman–Crippen LogP) is 8.16. The third-order valence-electron chi connectivity index (χ3n) is 4.91. The van der Waals surface area contributed by atoms with Crippen molar-refractivity contribution >= 4 is 0 Å². The average molecular weight is 416 g/mol. The van der Waals surface area contributed by atoms with Crippen LogP contribution in [0.25, 0.3) is 33.4 Å². The van der Waals surface area contributed by atoms with Gasteiger partial charge in [-0.1, -0.05) is 54.6 Å². The van der Waals surface area contributed by atoms with Gasteiger partial charge >= 0.3 is 12.4 Å². The fourth-order valence-corrected chi connectivity index (χ4v) is 3.52. The minimum absolute atomic E-state index is 0.347. The molecule has 2 aromatic rings. The van der Waals surface area contributed by atoms with Crippen LogP contribution in [0.1, 0.15) is 11.1 Å². The van der Waals surface area contributed by atoms with Gasteiger partial charge in [0.1, 0.15) is 0 Å². The number of fused-ring (bicyclic) bond motifs is 1. The zero-order chi connectivity index (χ0) is 21.5. The first-order valence-electron chi connectivity index (χ1n) is 9.01. The van der Waals surface area contributed by atoms with Crippen LogP contribution in [0.15, 0.2) is 84.9 Å². The molecule has 2 aliphatic rings. The molecule has 152 valence electrons. The first-order valence-corrected chi connectivity index (χ1v) is 9.01. The summed E-state index contributed by atoms with van der Waals surface area (Å²) in [5.41, 5.74) is 1.50. The van der Waals surface area contributed by atoms with E-state index in [4.69, 9.17) is 0 Å². The van der Waals surface area contributed by atoms with Crippen molar-refractivity contribution < 1.29 is 26.3 Å². The minimum atomic E-state index is -4.49. The first kappa shape index (κ1) is 20.0. The lowest BCUT2D eigenvalue weighted by Gasteiger charge is -2.09. The molecule has 2 aromatic carbocycles. The minimum Gasteiger partial charge on any atom is -0.166 e. The van der Waals surface area contributed by atoms with Gasteiger partial charge in [-0.15, -0.1) is 0 Å². The van der Waals surface area contributed by atoms with E-state index in [1.165, 1.54) is 12.1 Å². The number of rotatable bonds is 2. The molecule has 0 fully saturated rings. The standard InChI is InChI=1S/C24H14F6/c25-23(26,27)17-8-4-6-15(12-17)21-14-22(20-11-3-1-2-10-19(20)21)16-7-5-9-18(13-16)24(28,29)30/h1-14H. The van der Waals surface area contributed by atoms with Gasteiger partial charge in [0.2, 0.25) is 0 Å². The number of benzene rings is 2. The largest absolute Gasteiger partial charge is 0.416 e. The maximum atomic E-state index is 13.2. The highest BCUT2D eigenvalue weighted by atomic mass is 19.4. The van der Waals surface area contributed by atoms with E-state index in [9.17, 15) is 26.3 Å². The normalized spacial score (nSPS) is 12.3. The topological polar surface area (TPSA) is 0 Å². The van der Waals surface area contributed by atoms with E-state index >= 15 is 0 Å². The Kier molecular flexibility index (Phi) is 4.80. The van der Waals surface area contributed by atoms with Crippen LogP contribution in [0.3, 0.4) is 0 Å².